The fourth-order valence-electron chi connectivity index (χ4n) is 7.13. The Morgan fingerprint density at radius 3 is 1.73 bits per heavy atom. The number of esters is 1. The van der Waals surface area contributed by atoms with Crippen LogP contribution in [0.4, 0.5) is 9.59 Å². The van der Waals surface area contributed by atoms with E-state index in [1.165, 1.54) is 0 Å². The van der Waals surface area contributed by atoms with Crippen molar-refractivity contribution < 1.29 is 57.4 Å². The molecule has 0 saturated carbocycles. The Morgan fingerprint density at radius 1 is 0.690 bits per heavy atom. The van der Waals surface area contributed by atoms with Crippen LogP contribution >= 0.6 is 23.2 Å². The zero-order valence-electron chi connectivity index (χ0n) is 39.8. The third-order valence-corrected chi connectivity index (χ3v) is 12.0. The molecule has 7 amide bonds. The lowest BCUT2D eigenvalue weighted by Gasteiger charge is -2.27. The average molecular weight is 1020 g/mol. The smallest absolute Gasteiger partial charge is 0.419 e. The van der Waals surface area contributed by atoms with Crippen molar-refractivity contribution in [2.45, 2.75) is 128 Å². The van der Waals surface area contributed by atoms with Gasteiger partial charge in [-0.1, -0.05) is 104 Å². The van der Waals surface area contributed by atoms with Gasteiger partial charge < -0.3 is 46.5 Å². The van der Waals surface area contributed by atoms with Crippen LogP contribution in [-0.2, 0) is 67.6 Å². The zero-order valence-corrected chi connectivity index (χ0v) is 41.3. The van der Waals surface area contributed by atoms with Gasteiger partial charge in [-0.3, -0.25) is 33.6 Å². The average Bonchev–Trinajstić information content (AvgIpc) is 3.81. The maximum Gasteiger partial charge on any atom is 0.419 e. The second-order valence-corrected chi connectivity index (χ2v) is 17.9. The molecule has 1 fully saturated rings. The minimum atomic E-state index is -1.43. The predicted octanol–water partition coefficient (Wildman–Crippen LogP) is 5.08. The molecule has 19 nitrogen and oxygen atoms in total. The Morgan fingerprint density at radius 2 is 1.21 bits per heavy atom. The number of carbonyl (C=O) groups is 8. The standard InChI is InChI=1S/C50H62Cl2N7O12/c1-32(2)42(28-60)58-48(66)41(23-25-44(62)69-29-33-14-4-3-5-15-33)57-46(64)39(55-45(63)38(20-10-12-26-53)56-47(65)40-22-24-43(61)54-40)21-11-13-27-59(49(67)70-30-34-16-6-8-18-36(34)51)50(68)71-31-35-17-7-9-19-37(35)52/h3-9,14-19,32,38-42H,10-13,20-27,29-31,53H2,1-2H3,(H,54,61)(H,55,63)(H,56,65)(H,57,64)(H,58,66)/t38-,39-,40-,41-,42+/m0/s1. The molecule has 1 heterocycles. The maximum atomic E-state index is 14.4. The number of halogens is 2. The van der Waals surface area contributed by atoms with Gasteiger partial charge in [0.2, 0.25) is 35.8 Å². The molecular formula is C50H62Cl2N7O12. The summed E-state index contributed by atoms with van der Waals surface area (Å²) in [7, 11) is 0. The number of nitrogens with zero attached hydrogens (tertiary/aromatic N) is 1. The van der Waals surface area contributed by atoms with E-state index < -0.39 is 72.0 Å². The monoisotopic (exact) mass is 1020 g/mol. The molecule has 0 bridgehead atoms. The number of hydrogen-bond donors (Lipinski definition) is 6. The van der Waals surface area contributed by atoms with Crippen LogP contribution in [0.3, 0.4) is 0 Å². The molecule has 1 aliphatic rings. The van der Waals surface area contributed by atoms with Crippen LogP contribution in [0.15, 0.2) is 78.9 Å². The Kier molecular flexibility index (Phi) is 24.3. The number of hydrogen-bond acceptors (Lipinski definition) is 13. The van der Waals surface area contributed by atoms with Crippen LogP contribution in [0.1, 0.15) is 94.7 Å². The Balaban J connectivity index is 1.57. The Bertz CT molecular complexity index is 2230. The second-order valence-electron chi connectivity index (χ2n) is 17.1. The number of imide groups is 1. The molecule has 5 atom stereocenters. The SMILES string of the molecule is CC(C)[C@@H]([C]=O)NC(=O)[C@H](CCC(=O)OCc1ccccc1)NC(=O)[C@H](CCCCN(C(=O)OCc1ccccc1Cl)C(=O)OCc1ccccc1Cl)NC(=O)[C@H](CCCCN)NC(=O)[C@@H]1CCC(=O)N1. The first-order valence-corrected chi connectivity index (χ1v) is 24.2. The summed E-state index contributed by atoms with van der Waals surface area (Å²) in [6.45, 7) is 2.77. The number of ether oxygens (including phenoxy) is 3. The van der Waals surface area contributed by atoms with Crippen molar-refractivity contribution in [3.63, 3.8) is 0 Å². The van der Waals surface area contributed by atoms with Gasteiger partial charge in [-0.15, -0.1) is 0 Å². The molecule has 0 aromatic heterocycles. The van der Waals surface area contributed by atoms with Crippen molar-refractivity contribution in [1.82, 2.24) is 31.5 Å². The fraction of sp³-hybridized carbons (Fsp3) is 0.460. The summed E-state index contributed by atoms with van der Waals surface area (Å²) in [6, 6.07) is 16.2. The molecule has 3 aromatic carbocycles. The quantitative estimate of drug-likeness (QED) is 0.0315. The van der Waals surface area contributed by atoms with Crippen molar-refractivity contribution in [1.29, 1.82) is 0 Å². The van der Waals surface area contributed by atoms with Gasteiger partial charge in [-0.2, -0.15) is 0 Å². The highest BCUT2D eigenvalue weighted by Crippen LogP contribution is 2.19. The third kappa shape index (κ3) is 19.6. The fourth-order valence-corrected chi connectivity index (χ4v) is 7.51. The van der Waals surface area contributed by atoms with E-state index in [-0.39, 0.29) is 89.6 Å². The topological polar surface area (TPSA) is 271 Å². The first-order chi connectivity index (χ1) is 34.1. The molecule has 71 heavy (non-hydrogen) atoms. The van der Waals surface area contributed by atoms with Crippen LogP contribution in [0, 0.1) is 5.92 Å². The first kappa shape index (κ1) is 57.0. The van der Waals surface area contributed by atoms with Crippen molar-refractivity contribution in [3.8, 4) is 0 Å². The highest BCUT2D eigenvalue weighted by molar-refractivity contribution is 6.31. The number of rotatable bonds is 28. The molecular weight excluding hydrogens is 961 g/mol. The zero-order chi connectivity index (χ0) is 51.7. The summed E-state index contributed by atoms with van der Waals surface area (Å²) in [5.74, 6) is -4.44. The van der Waals surface area contributed by atoms with Gasteiger partial charge in [0.1, 0.15) is 44.0 Å². The lowest BCUT2D eigenvalue weighted by molar-refractivity contribution is -0.145. The highest BCUT2D eigenvalue weighted by atomic mass is 35.5. The number of benzene rings is 3. The van der Waals surface area contributed by atoms with Crippen molar-refractivity contribution >= 4 is 77.2 Å². The summed E-state index contributed by atoms with van der Waals surface area (Å²) < 4.78 is 16.3. The number of unbranched alkanes of at least 4 members (excludes halogenated alkanes) is 2. The number of amides is 7. The van der Waals surface area contributed by atoms with Gasteiger partial charge in [0.15, 0.2) is 0 Å². The summed E-state index contributed by atoms with van der Waals surface area (Å²) in [4.78, 5) is 120. The molecule has 383 valence electrons. The number of nitrogens with two attached hydrogens (primary N) is 1. The van der Waals surface area contributed by atoms with Gasteiger partial charge in [0.05, 0.1) is 6.04 Å². The van der Waals surface area contributed by atoms with Gasteiger partial charge in [-0.25, -0.2) is 14.5 Å². The van der Waals surface area contributed by atoms with Crippen molar-refractivity contribution in [2.75, 3.05) is 13.1 Å². The lowest BCUT2D eigenvalue weighted by Crippen LogP contribution is -2.58. The largest absolute Gasteiger partial charge is 0.461 e. The van der Waals surface area contributed by atoms with Gasteiger partial charge in [-0.05, 0) is 81.5 Å². The normalized spacial score (nSPS) is 14.7. The molecule has 0 spiro atoms. The first-order valence-electron chi connectivity index (χ1n) is 23.5. The van der Waals surface area contributed by atoms with Crippen LogP contribution in [0.5, 0.6) is 0 Å². The van der Waals surface area contributed by atoms with E-state index in [1.54, 1.807) is 99.0 Å². The van der Waals surface area contributed by atoms with E-state index >= 15 is 0 Å². The maximum absolute atomic E-state index is 14.4. The summed E-state index contributed by atoms with van der Waals surface area (Å²) in [5, 5.41) is 13.8. The summed E-state index contributed by atoms with van der Waals surface area (Å²) in [6.07, 6.45) is 0.341. The van der Waals surface area contributed by atoms with Crippen LogP contribution in [-0.4, -0.2) is 102 Å². The molecule has 1 aliphatic heterocycles. The van der Waals surface area contributed by atoms with E-state index in [9.17, 15) is 43.2 Å². The van der Waals surface area contributed by atoms with Crippen LogP contribution < -0.4 is 32.3 Å². The van der Waals surface area contributed by atoms with Gasteiger partial charge in [0, 0.05) is 40.6 Å². The van der Waals surface area contributed by atoms with Gasteiger partial charge >= 0.3 is 18.2 Å². The predicted molar refractivity (Wildman–Crippen MR) is 262 cm³/mol. The van der Waals surface area contributed by atoms with Crippen molar-refractivity contribution in [2.24, 2.45) is 11.7 Å². The minimum absolute atomic E-state index is 0.0302. The minimum Gasteiger partial charge on any atom is -0.461 e. The molecule has 0 unspecified atom stereocenters. The van der Waals surface area contributed by atoms with E-state index in [0.717, 1.165) is 10.5 Å². The lowest BCUT2D eigenvalue weighted by atomic mass is 10.0. The van der Waals surface area contributed by atoms with E-state index in [1.807, 2.05) is 0 Å². The molecule has 7 N–H and O–H groups in total. The molecule has 1 radical (unpaired) electrons. The molecule has 4 rings (SSSR count). The molecule has 21 heteroatoms. The summed E-state index contributed by atoms with van der Waals surface area (Å²) >= 11 is 12.5. The highest BCUT2D eigenvalue weighted by Gasteiger charge is 2.34. The number of nitrogens with one attached hydrogen (secondary N) is 5. The van der Waals surface area contributed by atoms with E-state index in [2.05, 4.69) is 26.6 Å². The molecule has 1 saturated heterocycles. The van der Waals surface area contributed by atoms with Gasteiger partial charge in [0.25, 0.3) is 0 Å². The Hall–Kier alpha value is -6.57. The Labute approximate surface area is 422 Å². The van der Waals surface area contributed by atoms with E-state index in [4.69, 9.17) is 43.1 Å². The van der Waals surface area contributed by atoms with Crippen molar-refractivity contribution in [3.05, 3.63) is 106 Å². The van der Waals surface area contributed by atoms with Crippen LogP contribution in [0.25, 0.3) is 0 Å². The molecule has 0 aliphatic carbocycles. The third-order valence-electron chi connectivity index (χ3n) is 11.3. The van der Waals surface area contributed by atoms with E-state index in [0.29, 0.717) is 40.6 Å². The second kappa shape index (κ2) is 30.2. The summed E-state index contributed by atoms with van der Waals surface area (Å²) in [5.41, 5.74) is 7.39. The molecule has 3 aromatic rings. The van der Waals surface area contributed by atoms with Crippen LogP contribution in [0.2, 0.25) is 10.0 Å². The number of carbonyl (C=O) groups excluding carboxylic acids is 9.